The van der Waals surface area contributed by atoms with Gasteiger partial charge in [0.05, 0.1) is 30.3 Å². The normalized spacial score (nSPS) is 23.5. The molecular weight excluding hydrogens is 268 g/mol. The minimum atomic E-state index is -0.404. The quantitative estimate of drug-likeness (QED) is 0.900. The highest BCUT2D eigenvalue weighted by molar-refractivity contribution is 5.80. The Morgan fingerprint density at radius 1 is 1.48 bits per heavy atom. The summed E-state index contributed by atoms with van der Waals surface area (Å²) in [5.41, 5.74) is 7.58. The van der Waals surface area contributed by atoms with Gasteiger partial charge in [0.2, 0.25) is 5.91 Å². The van der Waals surface area contributed by atoms with Gasteiger partial charge in [0.25, 0.3) is 0 Å². The summed E-state index contributed by atoms with van der Waals surface area (Å²) in [6, 6.07) is 7.60. The summed E-state index contributed by atoms with van der Waals surface area (Å²) in [5.74, 6) is 0.581. The van der Waals surface area contributed by atoms with E-state index in [0.717, 1.165) is 16.9 Å². The number of imidazole rings is 1. The number of para-hydroxylation sites is 2. The zero-order valence-electron chi connectivity index (χ0n) is 12.3. The molecule has 1 aliphatic rings. The minimum absolute atomic E-state index is 0.189. The second-order valence-electron chi connectivity index (χ2n) is 5.47. The van der Waals surface area contributed by atoms with Gasteiger partial charge >= 0.3 is 0 Å². The van der Waals surface area contributed by atoms with Crippen LogP contribution in [0.25, 0.3) is 11.0 Å². The van der Waals surface area contributed by atoms with Crippen LogP contribution < -0.4 is 5.73 Å². The van der Waals surface area contributed by atoms with Crippen molar-refractivity contribution in [1.29, 1.82) is 0 Å². The van der Waals surface area contributed by atoms with E-state index in [-0.39, 0.29) is 12.0 Å². The zero-order chi connectivity index (χ0) is 15.0. The largest absolute Gasteiger partial charge is 0.375 e. The van der Waals surface area contributed by atoms with Crippen molar-refractivity contribution < 1.29 is 9.53 Å². The molecule has 0 saturated carbocycles. The number of benzene rings is 1. The average Bonchev–Trinajstić information content (AvgIpc) is 2.76. The first-order chi connectivity index (χ1) is 10.1. The predicted octanol–water partition coefficient (Wildman–Crippen LogP) is 0.648. The standard InChI is InChI=1S/C15H20N4O2/c1-10-14(15(16)20)19(7-8-21-10)9-13-17-11-5-3-4-6-12(11)18(13)2/h3-6,10,14H,7-9H2,1-2H3,(H2,16,20)/t10-,14+/m1/s1. The second-order valence-corrected chi connectivity index (χ2v) is 5.47. The van der Waals surface area contributed by atoms with Crippen LogP contribution in [-0.2, 0) is 23.1 Å². The summed E-state index contributed by atoms with van der Waals surface area (Å²) in [6.07, 6.45) is -0.189. The van der Waals surface area contributed by atoms with E-state index in [9.17, 15) is 4.79 Å². The number of hydrogen-bond acceptors (Lipinski definition) is 4. The van der Waals surface area contributed by atoms with Gasteiger partial charge in [-0.1, -0.05) is 12.1 Å². The van der Waals surface area contributed by atoms with E-state index in [1.165, 1.54) is 0 Å². The topological polar surface area (TPSA) is 73.4 Å². The fourth-order valence-electron chi connectivity index (χ4n) is 2.99. The lowest BCUT2D eigenvalue weighted by atomic mass is 10.1. The highest BCUT2D eigenvalue weighted by Crippen LogP contribution is 2.19. The molecule has 0 spiro atoms. The van der Waals surface area contributed by atoms with Crippen LogP contribution >= 0.6 is 0 Å². The molecule has 112 valence electrons. The fourth-order valence-corrected chi connectivity index (χ4v) is 2.99. The number of aromatic nitrogens is 2. The number of primary amides is 1. The smallest absolute Gasteiger partial charge is 0.237 e. The summed E-state index contributed by atoms with van der Waals surface area (Å²) in [6.45, 7) is 3.76. The number of amides is 1. The summed E-state index contributed by atoms with van der Waals surface area (Å²) in [7, 11) is 1.99. The van der Waals surface area contributed by atoms with E-state index in [1.54, 1.807) is 0 Å². The fraction of sp³-hybridized carbons (Fsp3) is 0.467. The molecule has 21 heavy (non-hydrogen) atoms. The molecule has 1 aromatic heterocycles. The summed E-state index contributed by atoms with van der Waals surface area (Å²) in [5, 5.41) is 0. The van der Waals surface area contributed by atoms with Gasteiger partial charge in [0.15, 0.2) is 0 Å². The molecule has 0 radical (unpaired) electrons. The molecule has 1 saturated heterocycles. The molecule has 3 rings (SSSR count). The third-order valence-corrected chi connectivity index (χ3v) is 4.11. The van der Waals surface area contributed by atoms with Crippen LogP contribution in [0.15, 0.2) is 24.3 Å². The Morgan fingerprint density at radius 2 is 2.24 bits per heavy atom. The first kappa shape index (κ1) is 14.0. The summed E-state index contributed by atoms with van der Waals surface area (Å²) in [4.78, 5) is 18.4. The number of ether oxygens (including phenoxy) is 1. The predicted molar refractivity (Wildman–Crippen MR) is 79.5 cm³/mol. The van der Waals surface area contributed by atoms with Crippen LogP contribution in [0.2, 0.25) is 0 Å². The number of fused-ring (bicyclic) bond motifs is 1. The van der Waals surface area contributed by atoms with Crippen LogP contribution in [0.3, 0.4) is 0 Å². The van der Waals surface area contributed by atoms with Crippen molar-refractivity contribution in [2.24, 2.45) is 12.8 Å². The Hall–Kier alpha value is -1.92. The zero-order valence-corrected chi connectivity index (χ0v) is 12.3. The SMILES string of the molecule is C[C@H]1OCCN(Cc2nc3ccccc3n2C)[C@@H]1C(N)=O. The molecule has 2 atom stereocenters. The average molecular weight is 288 g/mol. The highest BCUT2D eigenvalue weighted by atomic mass is 16.5. The molecule has 1 fully saturated rings. The van der Waals surface area contributed by atoms with Gasteiger partial charge < -0.3 is 15.0 Å². The van der Waals surface area contributed by atoms with Gasteiger partial charge in [0, 0.05) is 13.6 Å². The Bertz CT molecular complexity index is 667. The molecule has 2 aromatic rings. The maximum absolute atomic E-state index is 11.7. The molecule has 0 aliphatic carbocycles. The van der Waals surface area contributed by atoms with Crippen LogP contribution in [-0.4, -0.2) is 45.7 Å². The number of hydrogen-bond donors (Lipinski definition) is 1. The van der Waals surface area contributed by atoms with Gasteiger partial charge in [-0.15, -0.1) is 0 Å². The van der Waals surface area contributed by atoms with E-state index < -0.39 is 6.04 Å². The van der Waals surface area contributed by atoms with Crippen LogP contribution in [0.1, 0.15) is 12.7 Å². The number of nitrogens with zero attached hydrogens (tertiary/aromatic N) is 3. The molecule has 6 nitrogen and oxygen atoms in total. The lowest BCUT2D eigenvalue weighted by Crippen LogP contribution is -2.56. The van der Waals surface area contributed by atoms with Crippen LogP contribution in [0, 0.1) is 0 Å². The van der Waals surface area contributed by atoms with Gasteiger partial charge in [-0.3, -0.25) is 9.69 Å². The van der Waals surface area contributed by atoms with E-state index in [2.05, 4.69) is 14.5 Å². The molecule has 1 amide bonds. The molecular formula is C15H20N4O2. The van der Waals surface area contributed by atoms with Crippen LogP contribution in [0.4, 0.5) is 0 Å². The van der Waals surface area contributed by atoms with Crippen LogP contribution in [0.5, 0.6) is 0 Å². The number of morpholine rings is 1. The third kappa shape index (κ3) is 2.52. The Labute approximate surface area is 123 Å². The number of aryl methyl sites for hydroxylation is 1. The number of nitrogens with two attached hydrogens (primary N) is 1. The lowest BCUT2D eigenvalue weighted by Gasteiger charge is -2.37. The third-order valence-electron chi connectivity index (χ3n) is 4.11. The van der Waals surface area contributed by atoms with Gasteiger partial charge in [-0.25, -0.2) is 4.98 Å². The van der Waals surface area contributed by atoms with Crippen molar-refractivity contribution in [1.82, 2.24) is 14.5 Å². The van der Waals surface area contributed by atoms with Crippen molar-refractivity contribution >= 4 is 16.9 Å². The van der Waals surface area contributed by atoms with E-state index in [4.69, 9.17) is 10.5 Å². The maximum atomic E-state index is 11.7. The number of carbonyl (C=O) groups is 1. The van der Waals surface area contributed by atoms with E-state index >= 15 is 0 Å². The Morgan fingerprint density at radius 3 is 2.95 bits per heavy atom. The molecule has 2 heterocycles. The van der Waals surface area contributed by atoms with Crippen molar-refractivity contribution in [2.45, 2.75) is 25.6 Å². The second kappa shape index (κ2) is 5.46. The lowest BCUT2D eigenvalue weighted by molar-refractivity contribution is -0.136. The van der Waals surface area contributed by atoms with E-state index in [1.807, 2.05) is 38.2 Å². The monoisotopic (exact) mass is 288 g/mol. The summed E-state index contributed by atoms with van der Waals surface area (Å²) >= 11 is 0. The van der Waals surface area contributed by atoms with Crippen molar-refractivity contribution in [3.05, 3.63) is 30.1 Å². The van der Waals surface area contributed by atoms with Gasteiger partial charge in [0.1, 0.15) is 11.9 Å². The van der Waals surface area contributed by atoms with Gasteiger partial charge in [-0.2, -0.15) is 0 Å². The van der Waals surface area contributed by atoms with Crippen molar-refractivity contribution in [2.75, 3.05) is 13.2 Å². The van der Waals surface area contributed by atoms with Gasteiger partial charge in [-0.05, 0) is 19.1 Å². The maximum Gasteiger partial charge on any atom is 0.237 e. The number of rotatable bonds is 3. The molecule has 1 aliphatic heterocycles. The van der Waals surface area contributed by atoms with E-state index in [0.29, 0.717) is 19.7 Å². The first-order valence-corrected chi connectivity index (χ1v) is 7.13. The summed E-state index contributed by atoms with van der Waals surface area (Å²) < 4.78 is 7.60. The molecule has 0 unspecified atom stereocenters. The minimum Gasteiger partial charge on any atom is -0.375 e. The molecule has 1 aromatic carbocycles. The Balaban J connectivity index is 1.89. The van der Waals surface area contributed by atoms with Crippen molar-refractivity contribution in [3.8, 4) is 0 Å². The molecule has 2 N–H and O–H groups in total. The van der Waals surface area contributed by atoms with Crippen molar-refractivity contribution in [3.63, 3.8) is 0 Å². The highest BCUT2D eigenvalue weighted by Gasteiger charge is 2.34. The molecule has 0 bridgehead atoms. The Kier molecular flexibility index (Phi) is 3.65. The molecule has 6 heteroatoms. The first-order valence-electron chi connectivity index (χ1n) is 7.13. The number of carbonyl (C=O) groups excluding carboxylic acids is 1.